The second kappa shape index (κ2) is 6.60. The molecule has 0 aliphatic carbocycles. The Morgan fingerprint density at radius 3 is 2.38 bits per heavy atom. The molecule has 0 radical (unpaired) electrons. The first-order chi connectivity index (χ1) is 10.1. The van der Waals surface area contributed by atoms with Gasteiger partial charge in [-0.15, -0.1) is 0 Å². The number of halogens is 2. The summed E-state index contributed by atoms with van der Waals surface area (Å²) in [5, 5.41) is 4.83. The predicted molar refractivity (Wildman–Crippen MR) is 73.8 cm³/mol. The van der Waals surface area contributed by atoms with Crippen molar-refractivity contribution in [3.63, 3.8) is 0 Å². The minimum atomic E-state index is -0.976. The molecular formula is C15H12F2N2O2. The third-order valence-electron chi connectivity index (χ3n) is 2.64. The second-order valence-corrected chi connectivity index (χ2v) is 4.22. The van der Waals surface area contributed by atoms with Gasteiger partial charge in [-0.05, 0) is 24.3 Å². The lowest BCUT2D eigenvalue weighted by atomic mass is 10.2. The van der Waals surface area contributed by atoms with Gasteiger partial charge in [-0.2, -0.15) is 0 Å². The average molecular weight is 290 g/mol. The standard InChI is InChI=1S/C15H12F2N2O2/c16-10-6-7-12(13(17)8-10)15(21)18-9-14(20)19-11-4-2-1-3-5-11/h1-8H,9H2,(H,18,21)(H,19,20). The van der Waals surface area contributed by atoms with Crippen molar-refractivity contribution < 1.29 is 18.4 Å². The Balaban J connectivity index is 1.90. The van der Waals surface area contributed by atoms with Gasteiger partial charge in [0.1, 0.15) is 11.6 Å². The number of carbonyl (C=O) groups excluding carboxylic acids is 2. The minimum Gasteiger partial charge on any atom is -0.343 e. The Kier molecular flexibility index (Phi) is 4.61. The zero-order valence-corrected chi connectivity index (χ0v) is 10.9. The highest BCUT2D eigenvalue weighted by molar-refractivity contribution is 5.99. The van der Waals surface area contributed by atoms with Gasteiger partial charge >= 0.3 is 0 Å². The third-order valence-corrected chi connectivity index (χ3v) is 2.64. The molecule has 6 heteroatoms. The molecule has 0 saturated carbocycles. The molecule has 0 unspecified atom stereocenters. The molecule has 2 aromatic rings. The van der Waals surface area contributed by atoms with Crippen LogP contribution in [0.4, 0.5) is 14.5 Å². The molecule has 0 bridgehead atoms. The molecule has 108 valence electrons. The maximum absolute atomic E-state index is 13.4. The van der Waals surface area contributed by atoms with Gasteiger partial charge in [0.2, 0.25) is 5.91 Å². The van der Waals surface area contributed by atoms with Crippen molar-refractivity contribution in [3.8, 4) is 0 Å². The molecule has 4 nitrogen and oxygen atoms in total. The van der Waals surface area contributed by atoms with E-state index >= 15 is 0 Å². The quantitative estimate of drug-likeness (QED) is 0.908. The first-order valence-corrected chi connectivity index (χ1v) is 6.14. The summed E-state index contributed by atoms with van der Waals surface area (Å²) >= 11 is 0. The topological polar surface area (TPSA) is 58.2 Å². The molecule has 2 N–H and O–H groups in total. The SMILES string of the molecule is O=C(CNC(=O)c1ccc(F)cc1F)Nc1ccccc1. The maximum atomic E-state index is 13.4. The molecule has 0 aromatic heterocycles. The number of para-hydroxylation sites is 1. The van der Waals surface area contributed by atoms with Crippen LogP contribution in [-0.2, 0) is 4.79 Å². The van der Waals surface area contributed by atoms with Gasteiger partial charge in [0.05, 0.1) is 12.1 Å². The number of carbonyl (C=O) groups is 2. The van der Waals surface area contributed by atoms with E-state index in [1.165, 1.54) is 0 Å². The fraction of sp³-hybridized carbons (Fsp3) is 0.0667. The molecule has 0 atom stereocenters. The van der Waals surface area contributed by atoms with E-state index < -0.39 is 23.4 Å². The smallest absolute Gasteiger partial charge is 0.254 e. The molecule has 21 heavy (non-hydrogen) atoms. The normalized spacial score (nSPS) is 10.0. The lowest BCUT2D eigenvalue weighted by Gasteiger charge is -2.07. The van der Waals surface area contributed by atoms with Crippen LogP contribution in [0, 0.1) is 11.6 Å². The third kappa shape index (κ3) is 4.10. The molecule has 2 rings (SSSR count). The summed E-state index contributed by atoms with van der Waals surface area (Å²) < 4.78 is 26.1. The summed E-state index contributed by atoms with van der Waals surface area (Å²) in [5.41, 5.74) is 0.272. The van der Waals surface area contributed by atoms with Gasteiger partial charge in [0.15, 0.2) is 0 Å². The van der Waals surface area contributed by atoms with Crippen molar-refractivity contribution in [1.82, 2.24) is 5.32 Å². The highest BCUT2D eigenvalue weighted by Crippen LogP contribution is 2.09. The first-order valence-electron chi connectivity index (χ1n) is 6.14. The summed E-state index contributed by atoms with van der Waals surface area (Å²) in [7, 11) is 0. The van der Waals surface area contributed by atoms with E-state index in [1.54, 1.807) is 30.3 Å². The monoisotopic (exact) mass is 290 g/mol. The van der Waals surface area contributed by atoms with Gasteiger partial charge in [0, 0.05) is 11.8 Å². The molecule has 0 aliphatic heterocycles. The largest absolute Gasteiger partial charge is 0.343 e. The van der Waals surface area contributed by atoms with Crippen molar-refractivity contribution in [2.75, 3.05) is 11.9 Å². The molecular weight excluding hydrogens is 278 g/mol. The molecule has 0 fully saturated rings. The van der Waals surface area contributed by atoms with Crippen LogP contribution in [0.3, 0.4) is 0 Å². The van der Waals surface area contributed by atoms with Gasteiger partial charge in [-0.25, -0.2) is 8.78 Å². The highest BCUT2D eigenvalue weighted by Gasteiger charge is 2.13. The van der Waals surface area contributed by atoms with E-state index in [2.05, 4.69) is 10.6 Å². The summed E-state index contributed by atoms with van der Waals surface area (Å²) in [5.74, 6) is -2.98. The predicted octanol–water partition coefficient (Wildman–Crippen LogP) is 2.33. The number of hydrogen-bond donors (Lipinski definition) is 2. The Hall–Kier alpha value is -2.76. The van der Waals surface area contributed by atoms with Gasteiger partial charge in [0.25, 0.3) is 5.91 Å². The van der Waals surface area contributed by atoms with Gasteiger partial charge in [-0.1, -0.05) is 18.2 Å². The van der Waals surface area contributed by atoms with Crippen LogP contribution in [-0.4, -0.2) is 18.4 Å². The van der Waals surface area contributed by atoms with Gasteiger partial charge < -0.3 is 10.6 Å². The number of hydrogen-bond acceptors (Lipinski definition) is 2. The van der Waals surface area contributed by atoms with E-state index in [9.17, 15) is 18.4 Å². The van der Waals surface area contributed by atoms with E-state index in [1.807, 2.05) is 0 Å². The van der Waals surface area contributed by atoms with Crippen LogP contribution in [0.15, 0.2) is 48.5 Å². The van der Waals surface area contributed by atoms with Crippen LogP contribution < -0.4 is 10.6 Å². The zero-order valence-electron chi connectivity index (χ0n) is 10.9. The van der Waals surface area contributed by atoms with Crippen LogP contribution in [0.1, 0.15) is 10.4 Å². The minimum absolute atomic E-state index is 0.315. The molecule has 2 amide bonds. The second-order valence-electron chi connectivity index (χ2n) is 4.22. The van der Waals surface area contributed by atoms with E-state index in [0.29, 0.717) is 11.8 Å². The highest BCUT2D eigenvalue weighted by atomic mass is 19.1. The van der Waals surface area contributed by atoms with Crippen molar-refractivity contribution in [1.29, 1.82) is 0 Å². The van der Waals surface area contributed by atoms with Crippen LogP contribution in [0.5, 0.6) is 0 Å². The fourth-order valence-electron chi connectivity index (χ4n) is 1.66. The van der Waals surface area contributed by atoms with E-state index in [4.69, 9.17) is 0 Å². The number of rotatable bonds is 4. The van der Waals surface area contributed by atoms with E-state index in [0.717, 1.165) is 12.1 Å². The van der Waals surface area contributed by atoms with Crippen molar-refractivity contribution in [3.05, 3.63) is 65.7 Å². The number of nitrogens with one attached hydrogen (secondary N) is 2. The molecule has 0 aliphatic rings. The van der Waals surface area contributed by atoms with Crippen molar-refractivity contribution in [2.24, 2.45) is 0 Å². The van der Waals surface area contributed by atoms with Crippen molar-refractivity contribution in [2.45, 2.75) is 0 Å². The first kappa shape index (κ1) is 14.6. The van der Waals surface area contributed by atoms with E-state index in [-0.39, 0.29) is 12.1 Å². The Bertz CT molecular complexity index is 660. The van der Waals surface area contributed by atoms with Gasteiger partial charge in [-0.3, -0.25) is 9.59 Å². The number of amides is 2. The maximum Gasteiger partial charge on any atom is 0.254 e. The van der Waals surface area contributed by atoms with Crippen LogP contribution >= 0.6 is 0 Å². The number of benzene rings is 2. The molecule has 0 saturated heterocycles. The summed E-state index contributed by atoms with van der Waals surface area (Å²) in [4.78, 5) is 23.3. The van der Waals surface area contributed by atoms with Crippen LogP contribution in [0.25, 0.3) is 0 Å². The van der Waals surface area contributed by atoms with Crippen LogP contribution in [0.2, 0.25) is 0 Å². The Morgan fingerprint density at radius 2 is 1.71 bits per heavy atom. The summed E-state index contributed by atoms with van der Waals surface area (Å²) in [6.45, 7) is -0.315. The molecule has 0 heterocycles. The zero-order chi connectivity index (χ0) is 15.2. The van der Waals surface area contributed by atoms with Crippen molar-refractivity contribution >= 4 is 17.5 Å². The fourth-order valence-corrected chi connectivity index (χ4v) is 1.66. The number of anilines is 1. The molecule has 2 aromatic carbocycles. The lowest BCUT2D eigenvalue weighted by Crippen LogP contribution is -2.33. The lowest BCUT2D eigenvalue weighted by molar-refractivity contribution is -0.115. The average Bonchev–Trinajstić information content (AvgIpc) is 2.46. The Morgan fingerprint density at radius 1 is 1.00 bits per heavy atom. The summed E-state index contributed by atoms with van der Waals surface area (Å²) in [6, 6.07) is 11.3. The summed E-state index contributed by atoms with van der Waals surface area (Å²) in [6.07, 6.45) is 0. The Labute approximate surface area is 119 Å². The molecule has 0 spiro atoms.